The first-order chi connectivity index (χ1) is 20.4. The number of nitrogens with one attached hydrogen (secondary N) is 2. The monoisotopic (exact) mass is 605 g/mol. The number of imide groups is 1. The Balaban J connectivity index is 1.39. The molecule has 2 heterocycles. The standard InChI is InChI=1S/C32H43N5O5Si/c1-31(2,3)42-30(39)36-29(38)40-22-24-19-34-28(35-20-24)37-18-17-33-25(21-37)23-41-43(32(4,5)6,26-13-9-7-10-14-26)27-15-11-8-12-16-27/h7-16,19-20,25,33H,17-18,21-23H2,1-6H3,(H,36,38,39). The first kappa shape index (κ1) is 32.1. The number of benzene rings is 2. The predicted molar refractivity (Wildman–Crippen MR) is 169 cm³/mol. The van der Waals surface area contributed by atoms with Gasteiger partial charge < -0.3 is 24.1 Å². The lowest BCUT2D eigenvalue weighted by Gasteiger charge is -2.44. The minimum atomic E-state index is -2.65. The molecule has 1 atom stereocenters. The van der Waals surface area contributed by atoms with Crippen LogP contribution in [0.1, 0.15) is 47.1 Å². The van der Waals surface area contributed by atoms with Gasteiger partial charge in [-0.3, -0.25) is 0 Å². The summed E-state index contributed by atoms with van der Waals surface area (Å²) in [6.07, 6.45) is 1.48. The molecule has 1 unspecified atom stereocenters. The SMILES string of the molecule is CC(C)(C)OC(=O)NC(=O)OCc1cnc(N2CCNC(CO[Si](c3ccccc3)(c3ccccc3)C(C)(C)C)C2)nc1. The minimum absolute atomic E-state index is 0.0780. The Morgan fingerprint density at radius 1 is 0.930 bits per heavy atom. The van der Waals surface area contributed by atoms with Crippen LogP contribution < -0.4 is 25.9 Å². The Morgan fingerprint density at radius 2 is 1.51 bits per heavy atom. The smallest absolute Gasteiger partial charge is 0.417 e. The number of rotatable bonds is 8. The fourth-order valence-corrected chi connectivity index (χ4v) is 9.87. The van der Waals surface area contributed by atoms with Crippen molar-refractivity contribution in [2.45, 2.75) is 64.8 Å². The molecule has 4 rings (SSSR count). The van der Waals surface area contributed by atoms with Gasteiger partial charge in [-0.1, -0.05) is 81.4 Å². The van der Waals surface area contributed by atoms with E-state index >= 15 is 0 Å². The van der Waals surface area contributed by atoms with Gasteiger partial charge in [0.2, 0.25) is 5.95 Å². The Morgan fingerprint density at radius 3 is 2.05 bits per heavy atom. The molecule has 1 aliphatic rings. The summed E-state index contributed by atoms with van der Waals surface area (Å²) in [5.41, 5.74) is -0.116. The highest BCUT2D eigenvalue weighted by atomic mass is 28.4. The van der Waals surface area contributed by atoms with E-state index in [0.717, 1.165) is 13.1 Å². The molecule has 1 saturated heterocycles. The van der Waals surface area contributed by atoms with Crippen LogP contribution in [0.15, 0.2) is 73.1 Å². The minimum Gasteiger partial charge on any atom is -0.444 e. The van der Waals surface area contributed by atoms with Crippen LogP contribution in [-0.4, -0.2) is 68.4 Å². The normalized spacial score (nSPS) is 16.0. The summed E-state index contributed by atoms with van der Waals surface area (Å²) < 4.78 is 17.3. The molecule has 2 amide bonds. The van der Waals surface area contributed by atoms with Gasteiger partial charge in [-0.05, 0) is 36.2 Å². The van der Waals surface area contributed by atoms with E-state index in [-0.39, 0.29) is 17.7 Å². The lowest BCUT2D eigenvalue weighted by molar-refractivity contribution is 0.0506. The molecule has 1 aromatic heterocycles. The quantitative estimate of drug-likeness (QED) is 0.368. The first-order valence-electron chi connectivity index (χ1n) is 14.6. The molecular weight excluding hydrogens is 562 g/mol. The molecule has 2 N–H and O–H groups in total. The van der Waals surface area contributed by atoms with Crippen molar-refractivity contribution >= 4 is 36.8 Å². The number of aromatic nitrogens is 2. The summed E-state index contributed by atoms with van der Waals surface area (Å²) >= 11 is 0. The lowest BCUT2D eigenvalue weighted by atomic mass is 10.2. The van der Waals surface area contributed by atoms with E-state index in [4.69, 9.17) is 13.9 Å². The second kappa shape index (κ2) is 13.7. The molecule has 0 saturated carbocycles. The van der Waals surface area contributed by atoms with Crippen molar-refractivity contribution in [3.63, 3.8) is 0 Å². The summed E-state index contributed by atoms with van der Waals surface area (Å²) in [6.45, 7) is 14.6. The van der Waals surface area contributed by atoms with Gasteiger partial charge in [-0.2, -0.15) is 0 Å². The molecule has 230 valence electrons. The summed E-state index contributed by atoms with van der Waals surface area (Å²) in [6, 6.07) is 21.3. The number of piperazine rings is 1. The van der Waals surface area contributed by atoms with Crippen LogP contribution in [-0.2, 0) is 20.5 Å². The number of nitrogens with zero attached hydrogens (tertiary/aromatic N) is 3. The van der Waals surface area contributed by atoms with Gasteiger partial charge in [0.05, 0.1) is 6.61 Å². The number of alkyl carbamates (subject to hydrolysis) is 2. The van der Waals surface area contributed by atoms with Crippen LogP contribution in [0, 0.1) is 0 Å². The maximum atomic E-state index is 11.9. The lowest BCUT2D eigenvalue weighted by Crippen LogP contribution is -2.68. The fraction of sp³-hybridized carbons (Fsp3) is 0.438. The van der Waals surface area contributed by atoms with Gasteiger partial charge in [0.1, 0.15) is 12.2 Å². The highest BCUT2D eigenvalue weighted by molar-refractivity contribution is 6.99. The van der Waals surface area contributed by atoms with Crippen molar-refractivity contribution in [1.29, 1.82) is 0 Å². The Bertz CT molecular complexity index is 1310. The molecule has 0 spiro atoms. The molecule has 1 fully saturated rings. The number of hydrogen-bond donors (Lipinski definition) is 2. The summed E-state index contributed by atoms with van der Waals surface area (Å²) in [4.78, 5) is 34.9. The van der Waals surface area contributed by atoms with Crippen molar-refractivity contribution in [2.24, 2.45) is 0 Å². The first-order valence-corrected chi connectivity index (χ1v) is 16.5. The molecule has 11 heteroatoms. The van der Waals surface area contributed by atoms with Gasteiger partial charge in [0, 0.05) is 43.6 Å². The van der Waals surface area contributed by atoms with Crippen molar-refractivity contribution in [3.8, 4) is 0 Å². The van der Waals surface area contributed by atoms with E-state index < -0.39 is 26.1 Å². The molecular formula is C32H43N5O5Si. The number of hydrogen-bond acceptors (Lipinski definition) is 9. The number of amides is 2. The number of ether oxygens (including phenoxy) is 2. The maximum Gasteiger partial charge on any atom is 0.417 e. The molecule has 2 aromatic carbocycles. The van der Waals surface area contributed by atoms with Gasteiger partial charge in [0.25, 0.3) is 8.32 Å². The number of carbonyl (C=O) groups excluding carboxylic acids is 2. The van der Waals surface area contributed by atoms with E-state index in [2.05, 4.69) is 89.5 Å². The third-order valence-corrected chi connectivity index (χ3v) is 12.1. The molecule has 43 heavy (non-hydrogen) atoms. The van der Waals surface area contributed by atoms with Gasteiger partial charge in [0.15, 0.2) is 0 Å². The van der Waals surface area contributed by atoms with E-state index in [9.17, 15) is 9.59 Å². The molecule has 0 aliphatic carbocycles. The summed E-state index contributed by atoms with van der Waals surface area (Å²) in [7, 11) is -2.65. The third kappa shape index (κ3) is 8.40. The Hall–Kier alpha value is -3.80. The van der Waals surface area contributed by atoms with Gasteiger partial charge in [-0.15, -0.1) is 0 Å². The number of anilines is 1. The molecule has 3 aromatic rings. The zero-order valence-electron chi connectivity index (χ0n) is 25.9. The second-order valence-corrected chi connectivity index (χ2v) is 17.0. The third-order valence-electron chi connectivity index (χ3n) is 7.12. The zero-order chi connectivity index (χ0) is 31.1. The van der Waals surface area contributed by atoms with Crippen molar-refractivity contribution in [3.05, 3.63) is 78.6 Å². The van der Waals surface area contributed by atoms with E-state index in [1.54, 1.807) is 33.2 Å². The number of carbonyl (C=O) groups is 2. The van der Waals surface area contributed by atoms with E-state index in [0.29, 0.717) is 24.7 Å². The van der Waals surface area contributed by atoms with E-state index in [1.165, 1.54) is 10.4 Å². The molecule has 1 aliphatic heterocycles. The summed E-state index contributed by atoms with van der Waals surface area (Å²) in [5.74, 6) is 0.596. The van der Waals surface area contributed by atoms with Gasteiger partial charge in [-0.25, -0.2) is 24.9 Å². The molecule has 0 bridgehead atoms. The zero-order valence-corrected chi connectivity index (χ0v) is 26.9. The topological polar surface area (TPSA) is 115 Å². The van der Waals surface area contributed by atoms with Crippen molar-refractivity contribution in [2.75, 3.05) is 31.1 Å². The fourth-order valence-electron chi connectivity index (χ4n) is 5.26. The van der Waals surface area contributed by atoms with E-state index in [1.807, 2.05) is 17.4 Å². The summed E-state index contributed by atoms with van der Waals surface area (Å²) in [5, 5.41) is 8.06. The van der Waals surface area contributed by atoms with Crippen LogP contribution in [0.3, 0.4) is 0 Å². The van der Waals surface area contributed by atoms with Crippen LogP contribution in [0.4, 0.5) is 15.5 Å². The predicted octanol–water partition coefficient (Wildman–Crippen LogP) is 3.99. The van der Waals surface area contributed by atoms with Crippen LogP contribution in [0.2, 0.25) is 5.04 Å². The van der Waals surface area contributed by atoms with Crippen LogP contribution >= 0.6 is 0 Å². The van der Waals surface area contributed by atoms with Crippen LogP contribution in [0.5, 0.6) is 0 Å². The average Bonchev–Trinajstić information content (AvgIpc) is 2.96. The van der Waals surface area contributed by atoms with Gasteiger partial charge >= 0.3 is 12.2 Å². The highest BCUT2D eigenvalue weighted by Gasteiger charge is 2.50. The molecule has 10 nitrogen and oxygen atoms in total. The Kier molecular flexibility index (Phi) is 10.2. The second-order valence-electron chi connectivity index (χ2n) is 12.7. The van der Waals surface area contributed by atoms with Crippen molar-refractivity contribution < 1.29 is 23.5 Å². The van der Waals surface area contributed by atoms with Crippen LogP contribution in [0.25, 0.3) is 0 Å². The van der Waals surface area contributed by atoms with Crippen molar-refractivity contribution in [1.82, 2.24) is 20.6 Å². The maximum absolute atomic E-state index is 11.9. The largest absolute Gasteiger partial charge is 0.444 e. The Labute approximate surface area is 255 Å². The average molecular weight is 606 g/mol. The molecule has 0 radical (unpaired) electrons. The highest BCUT2D eigenvalue weighted by Crippen LogP contribution is 2.36.